The Labute approximate surface area is 123 Å². The fraction of sp³-hybridized carbons (Fsp3) is 0.625. The second-order valence-corrected chi connectivity index (χ2v) is 7.80. The molecule has 0 aliphatic heterocycles. The van der Waals surface area contributed by atoms with Gasteiger partial charge in [0.1, 0.15) is 9.84 Å². The predicted octanol–water partition coefficient (Wildman–Crippen LogP) is 2.59. The minimum Gasteiger partial charge on any atom is -0.317 e. The van der Waals surface area contributed by atoms with Crippen LogP contribution in [-0.2, 0) is 16.3 Å². The van der Waals surface area contributed by atoms with Crippen LogP contribution in [0.1, 0.15) is 31.4 Å². The highest BCUT2D eigenvalue weighted by Gasteiger charge is 2.15. The van der Waals surface area contributed by atoms with Gasteiger partial charge in [0.15, 0.2) is 0 Å². The molecule has 3 nitrogen and oxygen atoms in total. The van der Waals surface area contributed by atoms with Gasteiger partial charge < -0.3 is 5.32 Å². The van der Waals surface area contributed by atoms with Crippen molar-refractivity contribution in [3.8, 4) is 0 Å². The number of rotatable bonds is 9. The maximum Gasteiger partial charge on any atom is 0.150 e. The number of nitrogens with one attached hydrogen (secondary N) is 1. The Morgan fingerprint density at radius 2 is 1.90 bits per heavy atom. The molecular formula is C16H27NO2S. The number of benzene rings is 1. The van der Waals surface area contributed by atoms with Gasteiger partial charge in [-0.25, -0.2) is 8.42 Å². The third kappa shape index (κ3) is 6.06. The van der Waals surface area contributed by atoms with E-state index in [1.807, 2.05) is 6.07 Å². The Hall–Kier alpha value is -0.870. The van der Waals surface area contributed by atoms with E-state index in [0.29, 0.717) is 11.7 Å². The molecule has 1 aromatic rings. The van der Waals surface area contributed by atoms with Gasteiger partial charge in [0.25, 0.3) is 0 Å². The van der Waals surface area contributed by atoms with Gasteiger partial charge in [-0.05, 0) is 49.9 Å². The predicted molar refractivity (Wildman–Crippen MR) is 85.9 cm³/mol. The molecule has 4 heteroatoms. The fourth-order valence-electron chi connectivity index (χ4n) is 2.27. The zero-order valence-corrected chi connectivity index (χ0v) is 13.7. The maximum absolute atomic E-state index is 11.7. The van der Waals surface area contributed by atoms with Crippen molar-refractivity contribution in [2.24, 2.45) is 5.92 Å². The molecule has 20 heavy (non-hydrogen) atoms. The molecule has 1 N–H and O–H groups in total. The Morgan fingerprint density at radius 1 is 1.20 bits per heavy atom. The molecule has 0 saturated heterocycles. The molecule has 0 fully saturated rings. The van der Waals surface area contributed by atoms with E-state index in [1.54, 1.807) is 6.92 Å². The van der Waals surface area contributed by atoms with Crippen LogP contribution in [0.15, 0.2) is 24.3 Å². The lowest BCUT2D eigenvalue weighted by Crippen LogP contribution is -2.26. The minimum absolute atomic E-state index is 0.241. The number of aryl methyl sites for hydroxylation is 1. The first-order valence-electron chi connectivity index (χ1n) is 7.44. The first kappa shape index (κ1) is 17.2. The van der Waals surface area contributed by atoms with Crippen molar-refractivity contribution in [1.82, 2.24) is 5.32 Å². The third-order valence-corrected chi connectivity index (χ3v) is 5.47. The van der Waals surface area contributed by atoms with E-state index in [9.17, 15) is 8.42 Å². The maximum atomic E-state index is 11.7. The highest BCUT2D eigenvalue weighted by molar-refractivity contribution is 7.91. The minimum atomic E-state index is -2.87. The van der Waals surface area contributed by atoms with Gasteiger partial charge in [-0.3, -0.25) is 0 Å². The number of sulfone groups is 1. The lowest BCUT2D eigenvalue weighted by Gasteiger charge is -2.18. The van der Waals surface area contributed by atoms with Gasteiger partial charge >= 0.3 is 0 Å². The average Bonchev–Trinajstić information content (AvgIpc) is 2.44. The third-order valence-electron chi connectivity index (χ3n) is 3.73. The van der Waals surface area contributed by atoms with Gasteiger partial charge in [0, 0.05) is 5.75 Å². The van der Waals surface area contributed by atoms with E-state index in [-0.39, 0.29) is 5.75 Å². The molecule has 114 valence electrons. The van der Waals surface area contributed by atoms with Gasteiger partial charge in [0.05, 0.1) is 5.75 Å². The molecule has 0 spiro atoms. The van der Waals surface area contributed by atoms with Crippen molar-refractivity contribution in [3.63, 3.8) is 0 Å². The lowest BCUT2D eigenvalue weighted by atomic mass is 9.94. The molecule has 0 bridgehead atoms. The molecule has 0 radical (unpaired) electrons. The second-order valence-electron chi connectivity index (χ2n) is 5.33. The van der Waals surface area contributed by atoms with E-state index in [2.05, 4.69) is 37.4 Å². The summed E-state index contributed by atoms with van der Waals surface area (Å²) in [5, 5.41) is 3.35. The zero-order chi connectivity index (χ0) is 15.0. The van der Waals surface area contributed by atoms with Crippen LogP contribution >= 0.6 is 0 Å². The van der Waals surface area contributed by atoms with E-state index in [0.717, 1.165) is 25.9 Å². The first-order chi connectivity index (χ1) is 9.48. The summed E-state index contributed by atoms with van der Waals surface area (Å²) in [6.07, 6.45) is 1.68. The SMILES string of the molecule is CCNCC(CCS(=O)(=O)CC)Cc1ccccc1C. The molecule has 0 aromatic heterocycles. The van der Waals surface area contributed by atoms with Crippen LogP contribution < -0.4 is 5.32 Å². The van der Waals surface area contributed by atoms with Crippen molar-refractivity contribution in [3.05, 3.63) is 35.4 Å². The summed E-state index contributed by atoms with van der Waals surface area (Å²) in [5.74, 6) is 0.911. The molecular weight excluding hydrogens is 270 g/mol. The highest BCUT2D eigenvalue weighted by Crippen LogP contribution is 2.16. The molecule has 0 aliphatic rings. The Kier molecular flexibility index (Phi) is 7.24. The quantitative estimate of drug-likeness (QED) is 0.762. The van der Waals surface area contributed by atoms with Crippen LogP contribution in [0, 0.1) is 12.8 Å². The summed E-state index contributed by atoms with van der Waals surface area (Å²) in [4.78, 5) is 0. The van der Waals surface area contributed by atoms with Gasteiger partial charge in [0.2, 0.25) is 0 Å². The summed E-state index contributed by atoms with van der Waals surface area (Å²) in [7, 11) is -2.87. The topological polar surface area (TPSA) is 46.2 Å². The van der Waals surface area contributed by atoms with Crippen molar-refractivity contribution >= 4 is 9.84 Å². The molecule has 1 rings (SSSR count). The lowest BCUT2D eigenvalue weighted by molar-refractivity contribution is 0.464. The summed E-state index contributed by atoms with van der Waals surface area (Å²) in [5.41, 5.74) is 2.61. The highest BCUT2D eigenvalue weighted by atomic mass is 32.2. The summed E-state index contributed by atoms with van der Waals surface area (Å²) < 4.78 is 23.4. The van der Waals surface area contributed by atoms with E-state index >= 15 is 0 Å². The number of hydrogen-bond donors (Lipinski definition) is 1. The molecule has 1 atom stereocenters. The summed E-state index contributed by atoms with van der Waals surface area (Å²) >= 11 is 0. The van der Waals surface area contributed by atoms with E-state index in [1.165, 1.54) is 11.1 Å². The summed E-state index contributed by atoms with van der Waals surface area (Å²) in [6, 6.07) is 8.35. The molecule has 0 saturated carbocycles. The van der Waals surface area contributed by atoms with Gasteiger partial charge in [-0.1, -0.05) is 38.1 Å². The van der Waals surface area contributed by atoms with Crippen molar-refractivity contribution in [2.45, 2.75) is 33.6 Å². The summed E-state index contributed by atoms with van der Waals surface area (Å²) in [6.45, 7) is 7.71. The van der Waals surface area contributed by atoms with Crippen molar-refractivity contribution in [1.29, 1.82) is 0 Å². The van der Waals surface area contributed by atoms with Crippen LogP contribution in [0.5, 0.6) is 0 Å². The van der Waals surface area contributed by atoms with E-state index < -0.39 is 9.84 Å². The second kappa shape index (κ2) is 8.42. The molecule has 1 unspecified atom stereocenters. The normalized spacial score (nSPS) is 13.3. The fourth-order valence-corrected chi connectivity index (χ4v) is 3.25. The van der Waals surface area contributed by atoms with Crippen LogP contribution in [0.3, 0.4) is 0 Å². The van der Waals surface area contributed by atoms with Crippen LogP contribution in [-0.4, -0.2) is 33.0 Å². The zero-order valence-electron chi connectivity index (χ0n) is 12.9. The average molecular weight is 297 g/mol. The molecule has 0 aliphatic carbocycles. The monoisotopic (exact) mass is 297 g/mol. The molecule has 1 aromatic carbocycles. The molecule has 0 heterocycles. The van der Waals surface area contributed by atoms with Crippen LogP contribution in [0.2, 0.25) is 0 Å². The van der Waals surface area contributed by atoms with Crippen molar-refractivity contribution < 1.29 is 8.42 Å². The standard InChI is InChI=1S/C16H27NO2S/c1-4-17-13-15(10-11-20(18,19)5-2)12-16-9-7-6-8-14(16)3/h6-9,15,17H,4-5,10-13H2,1-3H3. The van der Waals surface area contributed by atoms with Crippen LogP contribution in [0.25, 0.3) is 0 Å². The Bertz CT molecular complexity index is 497. The number of hydrogen-bond acceptors (Lipinski definition) is 3. The largest absolute Gasteiger partial charge is 0.317 e. The van der Waals surface area contributed by atoms with Gasteiger partial charge in [-0.2, -0.15) is 0 Å². The Morgan fingerprint density at radius 3 is 2.50 bits per heavy atom. The van der Waals surface area contributed by atoms with Gasteiger partial charge in [-0.15, -0.1) is 0 Å². The van der Waals surface area contributed by atoms with Crippen molar-refractivity contribution in [2.75, 3.05) is 24.6 Å². The smallest absolute Gasteiger partial charge is 0.150 e. The molecule has 0 amide bonds. The van der Waals surface area contributed by atoms with E-state index in [4.69, 9.17) is 0 Å². The first-order valence-corrected chi connectivity index (χ1v) is 9.26. The van der Waals surface area contributed by atoms with Crippen LogP contribution in [0.4, 0.5) is 0 Å². The Balaban J connectivity index is 2.67.